The van der Waals surface area contributed by atoms with Gasteiger partial charge in [-0.1, -0.05) is 81.3 Å². The molecule has 0 spiro atoms. The third-order valence-electron chi connectivity index (χ3n) is 18.7. The second-order valence-electron chi connectivity index (χ2n) is 30.8. The molecular formula is C76H80BCl2N17O24S4. The van der Waals surface area contributed by atoms with Gasteiger partial charge in [-0.15, -0.1) is 52.7 Å². The molecule has 4 aromatic heterocycles. The largest absolute Gasteiger partial charge is 0.541 e. The Balaban J connectivity index is 0.000000271. The van der Waals surface area contributed by atoms with Crippen LogP contribution in [0.15, 0.2) is 93.9 Å². The Bertz CT molecular complexity index is 5560. The lowest BCUT2D eigenvalue weighted by Crippen LogP contribution is -2.58. The van der Waals surface area contributed by atoms with E-state index in [4.69, 9.17) is 85.5 Å². The highest BCUT2D eigenvalue weighted by Crippen LogP contribution is 2.55. The number of β-lactam (4-membered cyclic amide) rings is 2. The molecule has 4 fully saturated rings. The molecular weight excluding hydrogens is 1740 g/mol. The number of fused-ring (bicyclic) bond motifs is 2. The highest BCUT2D eigenvalue weighted by atomic mass is 35.5. The molecule has 8 N–H and O–H groups in total. The van der Waals surface area contributed by atoms with E-state index < -0.39 is 157 Å². The van der Waals surface area contributed by atoms with Crippen LogP contribution in [0.25, 0.3) is 0 Å². The van der Waals surface area contributed by atoms with Gasteiger partial charge < -0.3 is 84.4 Å². The second kappa shape index (κ2) is 37.0. The number of nitrogen functional groups attached to an aromatic ring is 2. The van der Waals surface area contributed by atoms with E-state index in [-0.39, 0.29) is 110 Å². The minimum Gasteiger partial charge on any atom is -0.541 e. The van der Waals surface area contributed by atoms with Crippen molar-refractivity contribution in [2.24, 2.45) is 22.1 Å². The van der Waals surface area contributed by atoms with Crippen LogP contribution in [0.5, 0.6) is 34.5 Å². The number of esters is 1. The quantitative estimate of drug-likeness (QED) is 0.00440. The van der Waals surface area contributed by atoms with Crippen molar-refractivity contribution in [2.45, 2.75) is 158 Å². The molecule has 2 radical (unpaired) electrons. The standard InChI is InChI=1S/C50H55BClN9O14S2.C26H25ClN8O10S2/c1-47(2,3)72-43(65)49(7,8)75-57-38(33-25-76-45(53)54-33)34(62)21-32-41(64)60-26-50(44(66)74-51,77-42(32)60)61-56-36(55-58-61)22-59(46(67)73-48(4,5)6)40(63)31-19-20-35(70-23-27-11-15-29(68-9)16-12-27)39(37(31)52)71-24-28-13-17-30(69-10)18-14-28;1-25(2,22(41)42)45-32-18(12-8-46-24(28)29-12)15(38)7-11-20(40)34-9-26(23(43)44,47-21(11)34)35-31-16(30-33-35)6-5-13(36)10-3-4-14(37)19(39)17(10)27/h11-20,25,32,42H,21-24,26H2,1-10H3,(H2,53,54);3-4,8,11,21,37,39H,5-7,9H2,1-2H3,(H2,28,29)(H,41,42)(H,43,44)/b57-38-;32-18-/t32?,42-,50-;11?,21-,26-/m11/s1. The number of phenols is 2. The zero-order valence-electron chi connectivity index (χ0n) is 68.0. The zero-order chi connectivity index (χ0) is 90.6. The molecule has 6 atom stereocenters. The highest BCUT2D eigenvalue weighted by molar-refractivity contribution is 8.02. The van der Waals surface area contributed by atoms with Gasteiger partial charge in [0.15, 0.2) is 73.7 Å². The zero-order valence-corrected chi connectivity index (χ0v) is 72.8. The fourth-order valence-electron chi connectivity index (χ4n) is 12.1. The van der Waals surface area contributed by atoms with Gasteiger partial charge in [0.25, 0.3) is 5.91 Å². The summed E-state index contributed by atoms with van der Waals surface area (Å²) in [6, 6.07) is 19.5. The number of aromatic nitrogens is 10. The average molecular weight is 1830 g/mol. The van der Waals surface area contributed by atoms with Crippen LogP contribution in [0, 0.1) is 11.8 Å². The number of nitrogens with two attached hydrogens (primary N) is 2. The Hall–Kier alpha value is -12.3. The lowest BCUT2D eigenvalue weighted by Gasteiger charge is -2.40. The molecule has 41 nitrogen and oxygen atoms in total. The maximum Gasteiger partial charge on any atom is 0.417 e. The molecule has 4 aliphatic heterocycles. The van der Waals surface area contributed by atoms with Crippen LogP contribution in [0.3, 0.4) is 0 Å². The first-order chi connectivity index (χ1) is 58.3. The topological polar surface area (TPSA) is 551 Å². The van der Waals surface area contributed by atoms with Gasteiger partial charge >= 0.3 is 38.0 Å². The van der Waals surface area contributed by atoms with E-state index in [9.17, 15) is 73.2 Å². The highest BCUT2D eigenvalue weighted by Gasteiger charge is 2.66. The lowest BCUT2D eigenvalue weighted by molar-refractivity contribution is -0.179. The number of anilines is 2. The number of nitrogens with zero attached hydrogens (tertiary/aromatic N) is 15. The molecule has 0 saturated carbocycles. The first-order valence-corrected chi connectivity index (χ1v) is 41.4. The normalized spacial score (nSPS) is 18.7. The van der Waals surface area contributed by atoms with E-state index >= 15 is 0 Å². The molecule has 12 rings (SSSR count). The van der Waals surface area contributed by atoms with Crippen LogP contribution in [0.2, 0.25) is 10.0 Å². The number of oxime groups is 2. The third-order valence-corrected chi connectivity index (χ3v) is 24.2. The van der Waals surface area contributed by atoms with Crippen molar-refractivity contribution in [1.82, 2.24) is 65.1 Å². The number of carbonyl (C=O) groups is 11. The molecule has 4 aliphatic rings. The number of carboxylic acids is 2. The van der Waals surface area contributed by atoms with Gasteiger partial charge in [-0.05, 0) is 139 Å². The molecule has 0 bridgehead atoms. The van der Waals surface area contributed by atoms with Crippen molar-refractivity contribution in [1.29, 1.82) is 0 Å². The first kappa shape index (κ1) is 92.5. The van der Waals surface area contributed by atoms with Gasteiger partial charge in [0.1, 0.15) is 47.3 Å². The Morgan fingerprint density at radius 2 is 1.11 bits per heavy atom. The number of carbonyl (C=O) groups excluding carboxylic acids is 9. The lowest BCUT2D eigenvalue weighted by atomic mass is 9.90. The molecule has 124 heavy (non-hydrogen) atoms. The number of tetrazole rings is 2. The van der Waals surface area contributed by atoms with E-state index in [1.54, 1.807) is 92.2 Å². The number of amides is 4. The van der Waals surface area contributed by atoms with E-state index in [1.165, 1.54) is 66.5 Å². The van der Waals surface area contributed by atoms with Crippen molar-refractivity contribution < 1.29 is 116 Å². The number of thioether (sulfide) groups is 2. The number of thiazole rings is 2. The number of hydrogen-bond acceptors (Lipinski definition) is 38. The van der Waals surface area contributed by atoms with Crippen molar-refractivity contribution in [3.63, 3.8) is 0 Å². The van der Waals surface area contributed by atoms with Gasteiger partial charge in [-0.2, -0.15) is 0 Å². The molecule has 4 aromatic carbocycles. The number of phenolic OH excluding ortho intramolecular Hbond substituents is 2. The number of hydrogen-bond donors (Lipinski definition) is 6. The van der Waals surface area contributed by atoms with Crippen molar-refractivity contribution >= 4 is 164 Å². The summed E-state index contributed by atoms with van der Waals surface area (Å²) in [6.45, 7) is 13.7. The SMILES string of the molecule is CC(C)(O/N=C(\C(=O)CC1C(=O)N2C[C@@](C(=O)O)(n3nnc(CCC(=O)c4ccc(O)c(O)c4Cl)n3)S[C@H]12)c1csc(N)n1)C(=O)O.[B]OC(=O)[C@@]1(n2nnc(CN(C(=O)OC(C)(C)C)C(=O)c3ccc(OCc4ccc(OC)cc4)c(OCc4ccc(OC)cc4)c3Cl)n2)CN2C(=O)C(CC(=O)/C(=N\OC(C)(C)C(=O)OC(C)(C)C)c3csc(N)n3)[C@H]2S1. The van der Waals surface area contributed by atoms with Crippen LogP contribution >= 0.6 is 69.4 Å². The molecule has 4 amide bonds. The van der Waals surface area contributed by atoms with Gasteiger partial charge in [0.05, 0.1) is 72.0 Å². The maximum absolute atomic E-state index is 14.7. The second-order valence-corrected chi connectivity index (χ2v) is 36.2. The fourth-order valence-corrected chi connectivity index (χ4v) is 17.0. The Morgan fingerprint density at radius 1 is 0.629 bits per heavy atom. The summed E-state index contributed by atoms with van der Waals surface area (Å²) < 4.78 is 38.8. The Labute approximate surface area is 732 Å². The number of ketones is 3. The monoisotopic (exact) mass is 1820 g/mol. The Morgan fingerprint density at radius 3 is 1.60 bits per heavy atom. The molecule has 654 valence electrons. The van der Waals surface area contributed by atoms with Crippen LogP contribution in [-0.2, 0) is 98.1 Å². The van der Waals surface area contributed by atoms with Gasteiger partial charge in [-0.3, -0.25) is 33.6 Å². The predicted molar refractivity (Wildman–Crippen MR) is 443 cm³/mol. The average Bonchev–Trinajstić information content (AvgIpc) is 1.56. The third kappa shape index (κ3) is 20.3. The van der Waals surface area contributed by atoms with Crippen LogP contribution in [0.1, 0.15) is 143 Å². The number of carboxylic acid groups (broad SMARTS) is 2. The summed E-state index contributed by atoms with van der Waals surface area (Å²) >= 11 is 16.7. The molecule has 48 heteroatoms. The minimum absolute atomic E-state index is 0.0125. The first-order valence-electron chi connectivity index (χ1n) is 37.1. The van der Waals surface area contributed by atoms with Crippen molar-refractivity contribution in [3.8, 4) is 34.5 Å². The summed E-state index contributed by atoms with van der Waals surface area (Å²) in [4.78, 5) is 167. The van der Waals surface area contributed by atoms with E-state index in [0.29, 0.717) is 16.4 Å². The number of methoxy groups -OCH3 is 2. The summed E-state index contributed by atoms with van der Waals surface area (Å²) in [7, 11) is 8.57. The number of imide groups is 1. The molecule has 2 unspecified atom stereocenters. The maximum atomic E-state index is 14.7. The van der Waals surface area contributed by atoms with Gasteiger partial charge in [-0.25, -0.2) is 34.0 Å². The van der Waals surface area contributed by atoms with Crippen LogP contribution < -0.4 is 30.4 Å². The number of benzene rings is 4. The fraction of sp³-hybridized carbons (Fsp3) is 0.408. The Kier molecular flexibility index (Phi) is 27.6. The summed E-state index contributed by atoms with van der Waals surface area (Å²) in [6.07, 6.45) is -2.27. The molecule has 8 aromatic rings. The molecule has 8 heterocycles. The van der Waals surface area contributed by atoms with Crippen molar-refractivity contribution in [3.05, 3.63) is 139 Å². The number of aromatic hydroxyl groups is 2. The van der Waals surface area contributed by atoms with Crippen molar-refractivity contribution in [2.75, 3.05) is 38.8 Å². The number of halogens is 2. The number of aliphatic carboxylic acids is 2. The van der Waals surface area contributed by atoms with Gasteiger partial charge in [0.2, 0.25) is 32.8 Å². The number of aryl methyl sites for hydroxylation is 1. The van der Waals surface area contributed by atoms with E-state index in [1.807, 2.05) is 12.1 Å². The van der Waals surface area contributed by atoms with Crippen LogP contribution in [-0.4, -0.2) is 230 Å². The number of Topliss-reactive ketones (excluding diaryl/α,β-unsaturated/α-hetero) is 3. The predicted octanol–water partition coefficient (Wildman–Crippen LogP) is 7.53. The smallest absolute Gasteiger partial charge is 0.417 e. The summed E-state index contributed by atoms with van der Waals surface area (Å²) in [5.74, 6) is -10.5. The van der Waals surface area contributed by atoms with E-state index in [0.717, 1.165) is 73.0 Å². The minimum atomic E-state index is -1.99. The summed E-state index contributed by atoms with van der Waals surface area (Å²) in [5.41, 5.74) is 6.82. The van der Waals surface area contributed by atoms with Crippen LogP contribution in [0.4, 0.5) is 15.1 Å². The molecule has 4 saturated heterocycles. The van der Waals surface area contributed by atoms with Gasteiger partial charge in [0, 0.05) is 42.0 Å². The molecule has 0 aliphatic carbocycles. The summed E-state index contributed by atoms with van der Waals surface area (Å²) in [5, 5.41) is 72.2. The number of rotatable bonds is 33. The van der Waals surface area contributed by atoms with E-state index in [2.05, 4.69) is 51.1 Å². The number of ether oxygens (including phenoxy) is 6.